The van der Waals surface area contributed by atoms with Gasteiger partial charge < -0.3 is 15.7 Å². The molecule has 2 rings (SSSR count). The number of aliphatic hydroxyl groups is 1. The first kappa shape index (κ1) is 16.5. The number of hydrogen-bond acceptors (Lipinski definition) is 2. The summed E-state index contributed by atoms with van der Waals surface area (Å²) in [5, 5.41) is 14.1. The van der Waals surface area contributed by atoms with Gasteiger partial charge in [-0.3, -0.25) is 0 Å². The van der Waals surface area contributed by atoms with E-state index in [4.69, 9.17) is 0 Å². The summed E-state index contributed by atoms with van der Waals surface area (Å²) in [6.45, 7) is 0.223. The van der Waals surface area contributed by atoms with E-state index in [2.05, 4.69) is 10.6 Å². The molecule has 0 aromatic heterocycles. The van der Waals surface area contributed by atoms with E-state index in [1.54, 1.807) is 0 Å². The van der Waals surface area contributed by atoms with Crippen molar-refractivity contribution in [3.8, 4) is 0 Å². The zero-order chi connectivity index (χ0) is 16.4. The SMILES string of the molecule is O=C(NCC1(CO)CCC1)Nc1ccc(C(F)(F)F)c(F)c1. The van der Waals surface area contributed by atoms with Crippen LogP contribution in [0.5, 0.6) is 0 Å². The Morgan fingerprint density at radius 2 is 2.00 bits per heavy atom. The lowest BCUT2D eigenvalue weighted by Crippen LogP contribution is -2.45. The Kier molecular flexibility index (Phi) is 4.60. The third-order valence-corrected chi connectivity index (χ3v) is 3.91. The molecule has 1 aliphatic rings. The smallest absolute Gasteiger partial charge is 0.396 e. The van der Waals surface area contributed by atoms with Gasteiger partial charge in [0.2, 0.25) is 0 Å². The highest BCUT2D eigenvalue weighted by molar-refractivity contribution is 5.89. The van der Waals surface area contributed by atoms with Gasteiger partial charge in [0, 0.05) is 17.6 Å². The second kappa shape index (κ2) is 6.12. The van der Waals surface area contributed by atoms with Crippen molar-refractivity contribution < 1.29 is 27.5 Å². The van der Waals surface area contributed by atoms with Crippen LogP contribution in [-0.2, 0) is 6.18 Å². The number of nitrogens with one attached hydrogen (secondary N) is 2. The summed E-state index contributed by atoms with van der Waals surface area (Å²) in [5.41, 5.74) is -1.77. The van der Waals surface area contributed by atoms with E-state index in [0.29, 0.717) is 12.1 Å². The Bertz CT molecular complexity index is 551. The Labute approximate surface area is 124 Å². The second-order valence-corrected chi connectivity index (χ2v) is 5.51. The molecule has 4 nitrogen and oxygen atoms in total. The van der Waals surface area contributed by atoms with Crippen LogP contribution in [0.1, 0.15) is 24.8 Å². The van der Waals surface area contributed by atoms with Crippen molar-refractivity contribution in [1.82, 2.24) is 5.32 Å². The van der Waals surface area contributed by atoms with E-state index < -0.39 is 23.6 Å². The number of aliphatic hydroxyl groups excluding tert-OH is 1. The van der Waals surface area contributed by atoms with Crippen LogP contribution in [0.15, 0.2) is 18.2 Å². The normalized spacial score (nSPS) is 16.8. The third kappa shape index (κ3) is 3.68. The first-order chi connectivity index (χ1) is 10.3. The Morgan fingerprint density at radius 3 is 2.45 bits per heavy atom. The van der Waals surface area contributed by atoms with Crippen molar-refractivity contribution in [3.05, 3.63) is 29.6 Å². The van der Waals surface area contributed by atoms with Gasteiger partial charge in [0.05, 0.1) is 12.2 Å². The Morgan fingerprint density at radius 1 is 1.32 bits per heavy atom. The van der Waals surface area contributed by atoms with Crippen molar-refractivity contribution in [2.24, 2.45) is 5.41 Å². The molecular formula is C14H16F4N2O2. The Balaban J connectivity index is 1.93. The molecule has 0 saturated heterocycles. The Hall–Kier alpha value is -1.83. The van der Waals surface area contributed by atoms with Crippen molar-refractivity contribution in [3.63, 3.8) is 0 Å². The maximum Gasteiger partial charge on any atom is 0.419 e. The number of hydrogen-bond donors (Lipinski definition) is 3. The van der Waals surface area contributed by atoms with E-state index in [1.807, 2.05) is 0 Å². The lowest BCUT2D eigenvalue weighted by atomic mass is 9.69. The van der Waals surface area contributed by atoms with Crippen LogP contribution in [0.4, 0.5) is 28.0 Å². The fraction of sp³-hybridized carbons (Fsp3) is 0.500. The fourth-order valence-electron chi connectivity index (χ4n) is 2.33. The highest BCUT2D eigenvalue weighted by Crippen LogP contribution is 2.39. The van der Waals surface area contributed by atoms with Crippen LogP contribution in [0, 0.1) is 11.2 Å². The minimum Gasteiger partial charge on any atom is -0.396 e. The molecule has 8 heteroatoms. The minimum atomic E-state index is -4.78. The molecule has 0 aliphatic heterocycles. The van der Waals surface area contributed by atoms with Gasteiger partial charge in [-0.15, -0.1) is 0 Å². The summed E-state index contributed by atoms with van der Waals surface area (Å²) in [4.78, 5) is 11.7. The summed E-state index contributed by atoms with van der Waals surface area (Å²) in [5.74, 6) is -1.45. The first-order valence-electron chi connectivity index (χ1n) is 6.78. The van der Waals surface area contributed by atoms with Gasteiger partial charge in [0.25, 0.3) is 0 Å². The van der Waals surface area contributed by atoms with Gasteiger partial charge in [-0.05, 0) is 31.0 Å². The number of carbonyl (C=O) groups is 1. The van der Waals surface area contributed by atoms with Crippen molar-refractivity contribution >= 4 is 11.7 Å². The van der Waals surface area contributed by atoms with Crippen molar-refractivity contribution in [1.29, 1.82) is 0 Å². The third-order valence-electron chi connectivity index (χ3n) is 3.91. The number of amides is 2. The van der Waals surface area contributed by atoms with Crippen molar-refractivity contribution in [2.45, 2.75) is 25.4 Å². The molecule has 22 heavy (non-hydrogen) atoms. The van der Waals surface area contributed by atoms with Crippen LogP contribution < -0.4 is 10.6 Å². The van der Waals surface area contributed by atoms with Gasteiger partial charge in [-0.25, -0.2) is 9.18 Å². The standard InChI is InChI=1S/C14H16F4N2O2/c15-11-6-9(2-3-10(11)14(16,17)18)20-12(22)19-7-13(8-21)4-1-5-13/h2-3,6,21H,1,4-5,7-8H2,(H2,19,20,22). The molecule has 1 saturated carbocycles. The maximum absolute atomic E-state index is 13.4. The summed E-state index contributed by atoms with van der Waals surface area (Å²) in [6, 6.07) is 1.52. The molecule has 0 atom stereocenters. The summed E-state index contributed by atoms with van der Waals surface area (Å²) in [7, 11) is 0. The lowest BCUT2D eigenvalue weighted by Gasteiger charge is -2.40. The summed E-state index contributed by atoms with van der Waals surface area (Å²) in [6.07, 6.45) is -2.19. The number of anilines is 1. The molecule has 2 amide bonds. The molecule has 0 heterocycles. The van der Waals surface area contributed by atoms with E-state index in [1.165, 1.54) is 0 Å². The molecule has 0 spiro atoms. The predicted molar refractivity (Wildman–Crippen MR) is 71.8 cm³/mol. The van der Waals surface area contributed by atoms with Crippen LogP contribution in [0.25, 0.3) is 0 Å². The molecule has 0 unspecified atom stereocenters. The van der Waals surface area contributed by atoms with Crippen LogP contribution in [0.3, 0.4) is 0 Å². The molecule has 1 aromatic rings. The summed E-state index contributed by atoms with van der Waals surface area (Å²) >= 11 is 0. The lowest BCUT2D eigenvalue weighted by molar-refractivity contribution is -0.139. The zero-order valence-electron chi connectivity index (χ0n) is 11.6. The molecule has 1 aromatic carbocycles. The molecule has 3 N–H and O–H groups in total. The van der Waals surface area contributed by atoms with Crippen molar-refractivity contribution in [2.75, 3.05) is 18.5 Å². The monoisotopic (exact) mass is 320 g/mol. The summed E-state index contributed by atoms with van der Waals surface area (Å²) < 4.78 is 50.6. The molecule has 1 aliphatic carbocycles. The molecular weight excluding hydrogens is 304 g/mol. The number of alkyl halides is 3. The number of benzene rings is 1. The van der Waals surface area contributed by atoms with Gasteiger partial charge in [0.1, 0.15) is 5.82 Å². The first-order valence-corrected chi connectivity index (χ1v) is 6.78. The van der Waals surface area contributed by atoms with Gasteiger partial charge in [-0.1, -0.05) is 6.42 Å². The topological polar surface area (TPSA) is 61.4 Å². The van der Waals surface area contributed by atoms with Gasteiger partial charge >= 0.3 is 12.2 Å². The van der Waals surface area contributed by atoms with Gasteiger partial charge in [-0.2, -0.15) is 13.2 Å². The molecule has 122 valence electrons. The van der Waals surface area contributed by atoms with E-state index >= 15 is 0 Å². The quantitative estimate of drug-likeness (QED) is 0.747. The highest BCUT2D eigenvalue weighted by atomic mass is 19.4. The number of carbonyl (C=O) groups excluding carboxylic acids is 1. The molecule has 1 fully saturated rings. The average Bonchev–Trinajstić information content (AvgIpc) is 2.36. The fourth-order valence-corrected chi connectivity index (χ4v) is 2.33. The molecule has 0 radical (unpaired) electrons. The minimum absolute atomic E-state index is 0.0395. The predicted octanol–water partition coefficient (Wildman–Crippen LogP) is 3.13. The van der Waals surface area contributed by atoms with E-state index in [-0.39, 0.29) is 24.3 Å². The van der Waals surface area contributed by atoms with E-state index in [9.17, 15) is 27.5 Å². The largest absolute Gasteiger partial charge is 0.419 e. The molecule has 0 bridgehead atoms. The second-order valence-electron chi connectivity index (χ2n) is 5.51. The zero-order valence-corrected chi connectivity index (χ0v) is 11.6. The van der Waals surface area contributed by atoms with Crippen LogP contribution >= 0.6 is 0 Å². The van der Waals surface area contributed by atoms with Gasteiger partial charge in [0.15, 0.2) is 0 Å². The van der Waals surface area contributed by atoms with Crippen LogP contribution in [0.2, 0.25) is 0 Å². The number of rotatable bonds is 4. The number of halogens is 4. The maximum atomic E-state index is 13.4. The number of urea groups is 1. The van der Waals surface area contributed by atoms with E-state index in [0.717, 1.165) is 25.3 Å². The van der Waals surface area contributed by atoms with Crippen LogP contribution in [-0.4, -0.2) is 24.3 Å². The highest BCUT2D eigenvalue weighted by Gasteiger charge is 2.36. The average molecular weight is 320 g/mol.